The van der Waals surface area contributed by atoms with E-state index in [2.05, 4.69) is 6.92 Å². The van der Waals surface area contributed by atoms with Gasteiger partial charge in [-0.15, -0.1) is 0 Å². The van der Waals surface area contributed by atoms with Crippen molar-refractivity contribution in [1.29, 1.82) is 0 Å². The van der Waals surface area contributed by atoms with Gasteiger partial charge in [0.05, 0.1) is 0 Å². The lowest BCUT2D eigenvalue weighted by atomic mass is 9.67. The number of hydrogen-bond donors (Lipinski definition) is 0. The molecule has 0 aromatic heterocycles. The molecule has 0 radical (unpaired) electrons. The lowest BCUT2D eigenvalue weighted by Crippen LogP contribution is -2.25. The minimum atomic E-state index is 0.341. The Hall–Kier alpha value is -0.330. The molecule has 0 aliphatic heterocycles. The molecule has 1 rings (SSSR count). The monoisotopic (exact) mass is 140 g/mol. The molecule has 1 fully saturated rings. The second-order valence-corrected chi connectivity index (χ2v) is 3.87. The molecule has 0 aromatic carbocycles. The molecule has 0 spiro atoms. The van der Waals surface area contributed by atoms with Crippen LogP contribution in [0.25, 0.3) is 0 Å². The maximum absolute atomic E-state index is 10.6. The normalized spacial score (nSPS) is 21.8. The highest BCUT2D eigenvalue weighted by molar-refractivity contribution is 5.75. The Labute approximate surface area is 62.8 Å². The summed E-state index contributed by atoms with van der Waals surface area (Å²) in [5, 5.41) is 0. The highest BCUT2D eigenvalue weighted by Crippen LogP contribution is 2.43. The summed E-state index contributed by atoms with van der Waals surface area (Å²) in [5.41, 5.74) is 0.533. The van der Waals surface area contributed by atoms with Gasteiger partial charge in [0, 0.05) is 6.42 Å². The molecule has 0 N–H and O–H groups in total. The second-order valence-electron chi connectivity index (χ2n) is 3.87. The van der Waals surface area contributed by atoms with Crippen LogP contribution in [0.5, 0.6) is 0 Å². The van der Waals surface area contributed by atoms with Gasteiger partial charge in [0.2, 0.25) is 0 Å². The number of carbonyl (C=O) groups is 1. The standard InChI is InChI=1S/C9H16O/c1-8(10)4-7-9(2)5-3-6-9/h3-7H2,1-2H3. The third-order valence-corrected chi connectivity index (χ3v) is 2.64. The van der Waals surface area contributed by atoms with Gasteiger partial charge in [-0.3, -0.25) is 0 Å². The Bertz CT molecular complexity index is 134. The highest BCUT2D eigenvalue weighted by atomic mass is 16.1. The lowest BCUT2D eigenvalue weighted by Gasteiger charge is -2.38. The summed E-state index contributed by atoms with van der Waals surface area (Å²) in [6.07, 6.45) is 5.94. The molecule has 0 aromatic rings. The topological polar surface area (TPSA) is 17.1 Å². The van der Waals surface area contributed by atoms with Crippen molar-refractivity contribution in [3.63, 3.8) is 0 Å². The number of rotatable bonds is 3. The molecular weight excluding hydrogens is 124 g/mol. The molecular formula is C9H16O. The number of Topliss-reactive ketones (excluding diaryl/α,β-unsaturated/α-hetero) is 1. The van der Waals surface area contributed by atoms with Gasteiger partial charge in [0.1, 0.15) is 5.78 Å². The van der Waals surface area contributed by atoms with Gasteiger partial charge in [0.15, 0.2) is 0 Å². The van der Waals surface area contributed by atoms with Crippen molar-refractivity contribution in [2.75, 3.05) is 0 Å². The van der Waals surface area contributed by atoms with E-state index in [1.54, 1.807) is 6.92 Å². The summed E-state index contributed by atoms with van der Waals surface area (Å²) in [5.74, 6) is 0.341. The first-order valence-corrected chi connectivity index (χ1v) is 4.12. The Kier molecular flexibility index (Phi) is 2.12. The molecule has 0 bridgehead atoms. The van der Waals surface area contributed by atoms with Crippen molar-refractivity contribution in [1.82, 2.24) is 0 Å². The second kappa shape index (κ2) is 2.73. The summed E-state index contributed by atoms with van der Waals surface area (Å²) in [6, 6.07) is 0. The van der Waals surface area contributed by atoms with E-state index in [4.69, 9.17) is 0 Å². The summed E-state index contributed by atoms with van der Waals surface area (Å²) in [6.45, 7) is 3.97. The minimum absolute atomic E-state index is 0.341. The molecule has 58 valence electrons. The predicted molar refractivity (Wildman–Crippen MR) is 41.9 cm³/mol. The predicted octanol–water partition coefficient (Wildman–Crippen LogP) is 2.55. The quantitative estimate of drug-likeness (QED) is 0.588. The first kappa shape index (κ1) is 7.77. The fraction of sp³-hybridized carbons (Fsp3) is 0.889. The average molecular weight is 140 g/mol. The van der Waals surface area contributed by atoms with E-state index < -0.39 is 0 Å². The van der Waals surface area contributed by atoms with Crippen LogP contribution in [0.3, 0.4) is 0 Å². The molecule has 1 heteroatoms. The zero-order chi connectivity index (χ0) is 7.61. The van der Waals surface area contributed by atoms with Crippen LogP contribution in [0.15, 0.2) is 0 Å². The van der Waals surface area contributed by atoms with Crippen LogP contribution in [0.2, 0.25) is 0 Å². The SMILES string of the molecule is CC(=O)CCC1(C)CCC1. The van der Waals surface area contributed by atoms with E-state index in [-0.39, 0.29) is 0 Å². The Morgan fingerprint density at radius 3 is 2.40 bits per heavy atom. The van der Waals surface area contributed by atoms with Crippen molar-refractivity contribution < 1.29 is 4.79 Å². The number of carbonyl (C=O) groups excluding carboxylic acids is 1. The third-order valence-electron chi connectivity index (χ3n) is 2.64. The van der Waals surface area contributed by atoms with Crippen molar-refractivity contribution in [3.05, 3.63) is 0 Å². The molecule has 1 aliphatic carbocycles. The molecule has 1 nitrogen and oxygen atoms in total. The van der Waals surface area contributed by atoms with E-state index in [0.717, 1.165) is 12.8 Å². The van der Waals surface area contributed by atoms with Crippen LogP contribution in [0.1, 0.15) is 46.0 Å². The van der Waals surface area contributed by atoms with Gasteiger partial charge < -0.3 is 4.79 Å². The fourth-order valence-electron chi connectivity index (χ4n) is 1.51. The van der Waals surface area contributed by atoms with Gasteiger partial charge in [-0.2, -0.15) is 0 Å². The smallest absolute Gasteiger partial charge is 0.129 e. The van der Waals surface area contributed by atoms with E-state index in [1.807, 2.05) is 0 Å². The van der Waals surface area contributed by atoms with Crippen LogP contribution in [0.4, 0.5) is 0 Å². The van der Waals surface area contributed by atoms with Crippen molar-refractivity contribution >= 4 is 5.78 Å². The molecule has 1 saturated carbocycles. The first-order valence-electron chi connectivity index (χ1n) is 4.12. The maximum atomic E-state index is 10.6. The summed E-state index contributed by atoms with van der Waals surface area (Å²) >= 11 is 0. The van der Waals surface area contributed by atoms with Crippen LogP contribution in [-0.2, 0) is 4.79 Å². The van der Waals surface area contributed by atoms with E-state index in [1.165, 1.54) is 19.3 Å². The summed E-state index contributed by atoms with van der Waals surface area (Å²) in [7, 11) is 0. The number of ketones is 1. The van der Waals surface area contributed by atoms with Crippen LogP contribution in [-0.4, -0.2) is 5.78 Å². The Morgan fingerprint density at radius 2 is 2.10 bits per heavy atom. The lowest BCUT2D eigenvalue weighted by molar-refractivity contribution is -0.117. The Morgan fingerprint density at radius 1 is 1.50 bits per heavy atom. The first-order chi connectivity index (χ1) is 4.62. The zero-order valence-corrected chi connectivity index (χ0v) is 6.94. The van der Waals surface area contributed by atoms with Crippen molar-refractivity contribution in [2.45, 2.75) is 46.0 Å². The van der Waals surface area contributed by atoms with Crippen LogP contribution < -0.4 is 0 Å². The molecule has 0 heterocycles. The number of hydrogen-bond acceptors (Lipinski definition) is 1. The molecule has 0 unspecified atom stereocenters. The van der Waals surface area contributed by atoms with E-state index in [0.29, 0.717) is 11.2 Å². The zero-order valence-electron chi connectivity index (χ0n) is 6.94. The molecule has 0 atom stereocenters. The molecule has 0 amide bonds. The van der Waals surface area contributed by atoms with Crippen LogP contribution >= 0.6 is 0 Å². The third kappa shape index (κ3) is 1.83. The molecule has 1 aliphatic rings. The van der Waals surface area contributed by atoms with Gasteiger partial charge in [-0.05, 0) is 31.6 Å². The van der Waals surface area contributed by atoms with E-state index in [9.17, 15) is 4.79 Å². The van der Waals surface area contributed by atoms with Crippen molar-refractivity contribution in [2.24, 2.45) is 5.41 Å². The van der Waals surface area contributed by atoms with Gasteiger partial charge in [-0.25, -0.2) is 0 Å². The van der Waals surface area contributed by atoms with Gasteiger partial charge in [0.25, 0.3) is 0 Å². The van der Waals surface area contributed by atoms with Gasteiger partial charge >= 0.3 is 0 Å². The molecule has 10 heavy (non-hydrogen) atoms. The maximum Gasteiger partial charge on any atom is 0.129 e. The summed E-state index contributed by atoms with van der Waals surface area (Å²) < 4.78 is 0. The van der Waals surface area contributed by atoms with Gasteiger partial charge in [-0.1, -0.05) is 13.3 Å². The summed E-state index contributed by atoms with van der Waals surface area (Å²) in [4.78, 5) is 10.6. The highest BCUT2D eigenvalue weighted by Gasteiger charge is 2.31. The minimum Gasteiger partial charge on any atom is -0.300 e. The fourth-order valence-corrected chi connectivity index (χ4v) is 1.51. The van der Waals surface area contributed by atoms with Crippen LogP contribution in [0, 0.1) is 5.41 Å². The molecule has 0 saturated heterocycles. The average Bonchev–Trinajstić information content (AvgIpc) is 1.79. The van der Waals surface area contributed by atoms with E-state index >= 15 is 0 Å². The van der Waals surface area contributed by atoms with Crippen molar-refractivity contribution in [3.8, 4) is 0 Å². The largest absolute Gasteiger partial charge is 0.300 e. The Balaban J connectivity index is 2.18.